The number of halogens is 2. The summed E-state index contributed by atoms with van der Waals surface area (Å²) in [5, 5.41) is 0. The van der Waals surface area contributed by atoms with Crippen molar-refractivity contribution in [3.05, 3.63) is 71.4 Å². The summed E-state index contributed by atoms with van der Waals surface area (Å²) in [6.07, 6.45) is 0.357. The predicted molar refractivity (Wildman–Crippen MR) is 119 cm³/mol. The van der Waals surface area contributed by atoms with Gasteiger partial charge >= 0.3 is 0 Å². The Labute approximate surface area is 195 Å². The molecule has 5 rings (SSSR count). The SMILES string of the molecule is O=S(=O)(c1ccccc1)N1CCc2nc(N3CCOCC3)nc(Oc3ccc(F)c(F)c3)c2C1. The van der Waals surface area contributed by atoms with Crippen molar-refractivity contribution in [2.45, 2.75) is 17.9 Å². The van der Waals surface area contributed by atoms with E-state index in [0.29, 0.717) is 49.9 Å². The van der Waals surface area contributed by atoms with Gasteiger partial charge in [-0.15, -0.1) is 0 Å². The van der Waals surface area contributed by atoms with Crippen molar-refractivity contribution in [1.29, 1.82) is 0 Å². The average molecular weight is 489 g/mol. The van der Waals surface area contributed by atoms with Crippen LogP contribution in [0.2, 0.25) is 0 Å². The molecule has 0 N–H and O–H groups in total. The molecule has 0 atom stereocenters. The summed E-state index contributed by atoms with van der Waals surface area (Å²) in [6.45, 7) is 2.49. The molecule has 8 nitrogen and oxygen atoms in total. The topological polar surface area (TPSA) is 84.9 Å². The number of rotatable bonds is 5. The standard InChI is InChI=1S/C23H22F2N4O4S/c24-19-7-6-16(14-20(19)25)33-22-18-15-29(34(30,31)17-4-2-1-3-5-17)9-8-21(18)26-23(27-22)28-10-12-32-13-11-28/h1-7,14H,8-13,15H2. The monoisotopic (exact) mass is 488 g/mol. The number of aromatic nitrogens is 2. The highest BCUT2D eigenvalue weighted by Gasteiger charge is 2.32. The number of hydrogen-bond acceptors (Lipinski definition) is 7. The van der Waals surface area contributed by atoms with Crippen LogP contribution >= 0.6 is 0 Å². The summed E-state index contributed by atoms with van der Waals surface area (Å²) < 4.78 is 66.2. The summed E-state index contributed by atoms with van der Waals surface area (Å²) in [4.78, 5) is 11.4. The molecular formula is C23H22F2N4O4S. The third kappa shape index (κ3) is 4.46. The van der Waals surface area contributed by atoms with E-state index in [9.17, 15) is 17.2 Å². The number of ether oxygens (including phenoxy) is 2. The highest BCUT2D eigenvalue weighted by atomic mass is 32.2. The van der Waals surface area contributed by atoms with Crippen LogP contribution in [0.25, 0.3) is 0 Å². The quantitative estimate of drug-likeness (QED) is 0.546. The van der Waals surface area contributed by atoms with Crippen LogP contribution in [-0.4, -0.2) is 55.5 Å². The molecule has 0 aliphatic carbocycles. The molecule has 178 valence electrons. The Morgan fingerprint density at radius 1 is 0.941 bits per heavy atom. The molecule has 0 radical (unpaired) electrons. The van der Waals surface area contributed by atoms with Gasteiger partial charge in [-0.2, -0.15) is 9.29 Å². The molecule has 3 aromatic rings. The summed E-state index contributed by atoms with van der Waals surface area (Å²) in [5.74, 6) is -1.45. The Morgan fingerprint density at radius 2 is 1.71 bits per heavy atom. The van der Waals surface area contributed by atoms with Gasteiger partial charge in [-0.1, -0.05) is 18.2 Å². The fourth-order valence-electron chi connectivity index (χ4n) is 3.93. The molecule has 0 amide bonds. The van der Waals surface area contributed by atoms with Crippen molar-refractivity contribution in [3.8, 4) is 11.6 Å². The van der Waals surface area contributed by atoms with E-state index in [1.54, 1.807) is 30.3 Å². The Morgan fingerprint density at radius 3 is 2.44 bits per heavy atom. The third-order valence-corrected chi connectivity index (χ3v) is 7.62. The molecule has 2 aliphatic heterocycles. The van der Waals surface area contributed by atoms with Gasteiger partial charge in [0.2, 0.25) is 21.9 Å². The van der Waals surface area contributed by atoms with Gasteiger partial charge in [-0.05, 0) is 24.3 Å². The van der Waals surface area contributed by atoms with E-state index in [1.165, 1.54) is 10.4 Å². The maximum Gasteiger partial charge on any atom is 0.243 e. The highest BCUT2D eigenvalue weighted by molar-refractivity contribution is 7.89. The number of morpholine rings is 1. The molecule has 1 aromatic heterocycles. The molecule has 11 heteroatoms. The second kappa shape index (κ2) is 9.24. The van der Waals surface area contributed by atoms with Crippen molar-refractivity contribution in [2.24, 2.45) is 0 Å². The van der Waals surface area contributed by atoms with Gasteiger partial charge in [0.25, 0.3) is 0 Å². The van der Waals surface area contributed by atoms with Gasteiger partial charge in [0.05, 0.1) is 29.4 Å². The van der Waals surface area contributed by atoms with Gasteiger partial charge in [-0.25, -0.2) is 22.2 Å². The van der Waals surface area contributed by atoms with Crippen molar-refractivity contribution < 1.29 is 26.7 Å². The molecule has 3 heterocycles. The largest absolute Gasteiger partial charge is 0.438 e. The van der Waals surface area contributed by atoms with Crippen LogP contribution < -0.4 is 9.64 Å². The van der Waals surface area contributed by atoms with Crippen LogP contribution in [0, 0.1) is 11.6 Å². The van der Waals surface area contributed by atoms with E-state index < -0.39 is 21.7 Å². The summed E-state index contributed by atoms with van der Waals surface area (Å²) in [5.41, 5.74) is 1.15. The van der Waals surface area contributed by atoms with Gasteiger partial charge in [0.1, 0.15) is 5.75 Å². The fourth-order valence-corrected chi connectivity index (χ4v) is 5.36. The van der Waals surface area contributed by atoms with E-state index in [4.69, 9.17) is 9.47 Å². The maximum absolute atomic E-state index is 13.8. The molecule has 1 saturated heterocycles. The van der Waals surface area contributed by atoms with Crippen molar-refractivity contribution in [3.63, 3.8) is 0 Å². The van der Waals surface area contributed by atoms with Gasteiger partial charge < -0.3 is 14.4 Å². The number of benzene rings is 2. The summed E-state index contributed by atoms with van der Waals surface area (Å²) in [7, 11) is -3.75. The minimum Gasteiger partial charge on any atom is -0.438 e. The average Bonchev–Trinajstić information content (AvgIpc) is 2.87. The van der Waals surface area contributed by atoms with Crippen LogP contribution in [0.4, 0.5) is 14.7 Å². The van der Waals surface area contributed by atoms with Crippen molar-refractivity contribution in [2.75, 3.05) is 37.7 Å². The normalized spacial score (nSPS) is 16.8. The molecule has 0 spiro atoms. The molecule has 2 aromatic carbocycles. The van der Waals surface area contributed by atoms with E-state index in [2.05, 4.69) is 9.97 Å². The lowest BCUT2D eigenvalue weighted by molar-refractivity contribution is 0.122. The van der Waals surface area contributed by atoms with Crippen molar-refractivity contribution >= 4 is 16.0 Å². The van der Waals surface area contributed by atoms with Crippen molar-refractivity contribution in [1.82, 2.24) is 14.3 Å². The zero-order chi connectivity index (χ0) is 23.7. The number of nitrogens with zero attached hydrogens (tertiary/aromatic N) is 4. The van der Waals surface area contributed by atoms with E-state index >= 15 is 0 Å². The molecule has 1 fully saturated rings. The Bertz CT molecular complexity index is 1300. The van der Waals surface area contributed by atoms with Gasteiger partial charge in [0, 0.05) is 38.7 Å². The summed E-state index contributed by atoms with van der Waals surface area (Å²) >= 11 is 0. The molecule has 0 unspecified atom stereocenters. The first-order chi connectivity index (χ1) is 16.4. The second-order valence-electron chi connectivity index (χ2n) is 7.93. The zero-order valence-corrected chi connectivity index (χ0v) is 19.0. The van der Waals surface area contributed by atoms with E-state index in [0.717, 1.165) is 12.1 Å². The summed E-state index contributed by atoms with van der Waals surface area (Å²) in [6, 6.07) is 11.4. The highest BCUT2D eigenvalue weighted by Crippen LogP contribution is 2.34. The lowest BCUT2D eigenvalue weighted by atomic mass is 10.1. The third-order valence-electron chi connectivity index (χ3n) is 5.76. The fraction of sp³-hybridized carbons (Fsp3) is 0.304. The van der Waals surface area contributed by atoms with E-state index in [1.807, 2.05) is 4.90 Å². The maximum atomic E-state index is 13.8. The Hall–Kier alpha value is -3.15. The molecule has 2 aliphatic rings. The van der Waals surface area contributed by atoms with Crippen LogP contribution in [-0.2, 0) is 27.7 Å². The molecule has 0 bridgehead atoms. The van der Waals surface area contributed by atoms with Gasteiger partial charge in [-0.3, -0.25) is 0 Å². The minimum absolute atomic E-state index is 0.00500. The molecule has 34 heavy (non-hydrogen) atoms. The van der Waals surface area contributed by atoms with E-state index in [-0.39, 0.29) is 29.6 Å². The first kappa shape index (κ1) is 22.6. The Balaban J connectivity index is 1.53. The molecular weight excluding hydrogens is 466 g/mol. The minimum atomic E-state index is -3.75. The lowest BCUT2D eigenvalue weighted by Gasteiger charge is -2.31. The predicted octanol–water partition coefficient (Wildman–Crippen LogP) is 3.13. The first-order valence-corrected chi connectivity index (χ1v) is 12.3. The number of anilines is 1. The Kier molecular flexibility index (Phi) is 6.15. The number of fused-ring (bicyclic) bond motifs is 1. The van der Waals surface area contributed by atoms with Crippen LogP contribution in [0.3, 0.4) is 0 Å². The molecule has 0 saturated carbocycles. The van der Waals surface area contributed by atoms with Gasteiger partial charge in [0.15, 0.2) is 11.6 Å². The van der Waals surface area contributed by atoms with Crippen LogP contribution in [0.1, 0.15) is 11.3 Å². The number of sulfonamides is 1. The number of hydrogen-bond donors (Lipinski definition) is 0. The second-order valence-corrected chi connectivity index (χ2v) is 9.87. The van der Waals surface area contributed by atoms with Crippen LogP contribution in [0.15, 0.2) is 53.4 Å². The smallest absolute Gasteiger partial charge is 0.243 e. The van der Waals surface area contributed by atoms with Crippen LogP contribution in [0.5, 0.6) is 11.6 Å². The zero-order valence-electron chi connectivity index (χ0n) is 18.2. The first-order valence-electron chi connectivity index (χ1n) is 10.8. The lowest BCUT2D eigenvalue weighted by Crippen LogP contribution is -2.39.